The molecular weight excluding hydrogens is 318 g/mol. The van der Waals surface area contributed by atoms with E-state index in [4.69, 9.17) is 13.9 Å². The molecule has 1 N–H and O–H groups in total. The van der Waals surface area contributed by atoms with Gasteiger partial charge in [-0.3, -0.25) is 4.79 Å². The zero-order valence-electron chi connectivity index (χ0n) is 14.4. The summed E-state index contributed by atoms with van der Waals surface area (Å²) in [5.41, 5.74) is 2.77. The number of carbonyl (C=O) groups is 1. The molecule has 0 atom stereocenters. The standard InChI is InChI=1S/C20H19NO4/c1-12(2)18-11-14-9-15(6-8-16(14)25-18)21-20(22)13-5-7-17(23-3)19(10-13)24-4/h5-11H,1H2,2-4H3,(H,21,22). The minimum Gasteiger partial charge on any atom is -0.493 e. The van der Waals surface area contributed by atoms with Crippen LogP contribution < -0.4 is 14.8 Å². The van der Waals surface area contributed by atoms with E-state index in [1.54, 1.807) is 31.4 Å². The summed E-state index contributed by atoms with van der Waals surface area (Å²) in [6.07, 6.45) is 0. The summed E-state index contributed by atoms with van der Waals surface area (Å²) in [6.45, 7) is 5.76. The lowest BCUT2D eigenvalue weighted by atomic mass is 10.1. The molecule has 5 heteroatoms. The summed E-state index contributed by atoms with van der Waals surface area (Å²) in [5, 5.41) is 3.78. The number of allylic oxidation sites excluding steroid dienone is 1. The van der Waals surface area contributed by atoms with Gasteiger partial charge in [-0.1, -0.05) is 6.58 Å². The summed E-state index contributed by atoms with van der Waals surface area (Å²) in [7, 11) is 3.09. The number of hydrogen-bond donors (Lipinski definition) is 1. The van der Waals surface area contributed by atoms with Crippen LogP contribution >= 0.6 is 0 Å². The molecule has 2 aromatic carbocycles. The highest BCUT2D eigenvalue weighted by Gasteiger charge is 2.12. The molecule has 0 aliphatic heterocycles. The van der Waals surface area contributed by atoms with Crippen LogP contribution in [-0.2, 0) is 0 Å². The zero-order valence-corrected chi connectivity index (χ0v) is 14.4. The Bertz CT molecular complexity index is 955. The fourth-order valence-electron chi connectivity index (χ4n) is 2.51. The summed E-state index contributed by atoms with van der Waals surface area (Å²) in [5.74, 6) is 1.58. The smallest absolute Gasteiger partial charge is 0.255 e. The first-order valence-corrected chi connectivity index (χ1v) is 7.74. The molecule has 3 aromatic rings. The number of fused-ring (bicyclic) bond motifs is 1. The number of ether oxygens (including phenoxy) is 2. The molecule has 1 heterocycles. The zero-order chi connectivity index (χ0) is 18.0. The molecule has 1 amide bonds. The first-order chi connectivity index (χ1) is 12.0. The molecule has 0 bridgehead atoms. The van der Waals surface area contributed by atoms with Gasteiger partial charge in [0.2, 0.25) is 0 Å². The summed E-state index contributed by atoms with van der Waals surface area (Å²) >= 11 is 0. The molecule has 3 rings (SSSR count). The Balaban J connectivity index is 1.85. The number of methoxy groups -OCH3 is 2. The molecular formula is C20H19NO4. The van der Waals surface area contributed by atoms with E-state index in [0.29, 0.717) is 22.7 Å². The first-order valence-electron chi connectivity index (χ1n) is 7.74. The normalized spacial score (nSPS) is 10.5. The van der Waals surface area contributed by atoms with Crippen LogP contribution in [0.25, 0.3) is 16.5 Å². The summed E-state index contributed by atoms with van der Waals surface area (Å²) in [4.78, 5) is 12.5. The third kappa shape index (κ3) is 3.35. The monoisotopic (exact) mass is 337 g/mol. The van der Waals surface area contributed by atoms with Crippen LogP contribution in [-0.4, -0.2) is 20.1 Å². The number of anilines is 1. The van der Waals surface area contributed by atoms with Gasteiger partial charge in [0, 0.05) is 16.6 Å². The van der Waals surface area contributed by atoms with Crippen LogP contribution in [0.5, 0.6) is 11.5 Å². The van der Waals surface area contributed by atoms with E-state index < -0.39 is 0 Å². The fraction of sp³-hybridized carbons (Fsp3) is 0.150. The number of benzene rings is 2. The average Bonchev–Trinajstić information content (AvgIpc) is 3.04. The Morgan fingerprint density at radius 3 is 2.48 bits per heavy atom. The minimum absolute atomic E-state index is 0.232. The van der Waals surface area contributed by atoms with Crippen LogP contribution in [0, 0.1) is 0 Å². The molecule has 25 heavy (non-hydrogen) atoms. The second kappa shape index (κ2) is 6.73. The molecule has 5 nitrogen and oxygen atoms in total. The van der Waals surface area contributed by atoms with E-state index in [2.05, 4.69) is 11.9 Å². The lowest BCUT2D eigenvalue weighted by molar-refractivity contribution is 0.102. The van der Waals surface area contributed by atoms with Crippen molar-refractivity contribution in [3.8, 4) is 11.5 Å². The topological polar surface area (TPSA) is 60.7 Å². The van der Waals surface area contributed by atoms with Crippen molar-refractivity contribution in [1.29, 1.82) is 0 Å². The molecule has 0 fully saturated rings. The van der Waals surface area contributed by atoms with Gasteiger partial charge in [-0.25, -0.2) is 0 Å². The predicted octanol–water partition coefficient (Wildman–Crippen LogP) is 4.74. The number of rotatable bonds is 5. The lowest BCUT2D eigenvalue weighted by Crippen LogP contribution is -2.12. The van der Waals surface area contributed by atoms with Crippen LogP contribution in [0.4, 0.5) is 5.69 Å². The van der Waals surface area contributed by atoms with E-state index in [0.717, 1.165) is 22.3 Å². The number of furan rings is 1. The van der Waals surface area contributed by atoms with Crippen LogP contribution in [0.3, 0.4) is 0 Å². The lowest BCUT2D eigenvalue weighted by Gasteiger charge is -2.10. The molecule has 0 saturated heterocycles. The number of nitrogens with one attached hydrogen (secondary N) is 1. The van der Waals surface area contributed by atoms with Gasteiger partial charge in [0.1, 0.15) is 11.3 Å². The van der Waals surface area contributed by atoms with E-state index in [1.807, 2.05) is 25.1 Å². The third-order valence-electron chi connectivity index (χ3n) is 3.84. The molecule has 1 aromatic heterocycles. The number of hydrogen-bond acceptors (Lipinski definition) is 4. The van der Waals surface area contributed by atoms with Crippen LogP contribution in [0.15, 0.2) is 53.5 Å². The maximum Gasteiger partial charge on any atom is 0.255 e. The Hall–Kier alpha value is -3.21. The first kappa shape index (κ1) is 16.6. The molecule has 0 radical (unpaired) electrons. The van der Waals surface area contributed by atoms with Crippen molar-refractivity contribution in [3.63, 3.8) is 0 Å². The molecule has 0 unspecified atom stereocenters. The predicted molar refractivity (Wildman–Crippen MR) is 98.4 cm³/mol. The number of carbonyl (C=O) groups excluding carboxylic acids is 1. The van der Waals surface area contributed by atoms with Crippen molar-refractivity contribution >= 4 is 28.1 Å². The van der Waals surface area contributed by atoms with Crippen molar-refractivity contribution in [3.05, 3.63) is 60.4 Å². The highest BCUT2D eigenvalue weighted by atomic mass is 16.5. The van der Waals surface area contributed by atoms with Gasteiger partial charge in [0.05, 0.1) is 14.2 Å². The molecule has 0 saturated carbocycles. The summed E-state index contributed by atoms with van der Waals surface area (Å²) in [6, 6.07) is 12.4. The fourth-order valence-corrected chi connectivity index (χ4v) is 2.51. The maximum atomic E-state index is 12.5. The Morgan fingerprint density at radius 1 is 1.04 bits per heavy atom. The largest absolute Gasteiger partial charge is 0.493 e. The van der Waals surface area contributed by atoms with Crippen LogP contribution in [0.1, 0.15) is 23.0 Å². The van der Waals surface area contributed by atoms with E-state index >= 15 is 0 Å². The molecule has 0 aliphatic rings. The summed E-state index contributed by atoms with van der Waals surface area (Å²) < 4.78 is 16.1. The van der Waals surface area contributed by atoms with Gasteiger partial charge in [0.15, 0.2) is 11.5 Å². The van der Waals surface area contributed by atoms with E-state index in [-0.39, 0.29) is 5.91 Å². The van der Waals surface area contributed by atoms with Gasteiger partial charge < -0.3 is 19.2 Å². The second-order valence-corrected chi connectivity index (χ2v) is 5.67. The van der Waals surface area contributed by atoms with Crippen molar-refractivity contribution in [2.24, 2.45) is 0 Å². The Morgan fingerprint density at radius 2 is 1.80 bits per heavy atom. The van der Waals surface area contributed by atoms with Gasteiger partial charge >= 0.3 is 0 Å². The van der Waals surface area contributed by atoms with Crippen LogP contribution in [0.2, 0.25) is 0 Å². The van der Waals surface area contributed by atoms with E-state index in [1.165, 1.54) is 7.11 Å². The van der Waals surface area contributed by atoms with E-state index in [9.17, 15) is 4.79 Å². The van der Waals surface area contributed by atoms with Gasteiger partial charge in [-0.15, -0.1) is 0 Å². The van der Waals surface area contributed by atoms with Gasteiger partial charge in [-0.2, -0.15) is 0 Å². The Kier molecular flexibility index (Phi) is 4.48. The maximum absolute atomic E-state index is 12.5. The van der Waals surface area contributed by atoms with Crippen molar-refractivity contribution in [2.45, 2.75) is 6.92 Å². The quantitative estimate of drug-likeness (QED) is 0.731. The SMILES string of the molecule is C=C(C)c1cc2cc(NC(=O)c3ccc(OC)c(OC)c3)ccc2o1. The van der Waals surface area contributed by atoms with Gasteiger partial charge in [-0.05, 0) is 55.0 Å². The van der Waals surface area contributed by atoms with Gasteiger partial charge in [0.25, 0.3) is 5.91 Å². The highest BCUT2D eigenvalue weighted by molar-refractivity contribution is 6.05. The number of amides is 1. The average molecular weight is 337 g/mol. The second-order valence-electron chi connectivity index (χ2n) is 5.67. The molecule has 0 spiro atoms. The van der Waals surface area contributed by atoms with Crippen molar-refractivity contribution in [2.75, 3.05) is 19.5 Å². The Labute approximate surface area is 145 Å². The van der Waals surface area contributed by atoms with Crippen molar-refractivity contribution in [1.82, 2.24) is 0 Å². The highest BCUT2D eigenvalue weighted by Crippen LogP contribution is 2.29. The third-order valence-corrected chi connectivity index (χ3v) is 3.84. The molecule has 0 aliphatic carbocycles. The molecule has 128 valence electrons. The minimum atomic E-state index is -0.232. The van der Waals surface area contributed by atoms with Crippen molar-refractivity contribution < 1.29 is 18.7 Å².